The second kappa shape index (κ2) is 6.44. The smallest absolute Gasteiger partial charge is 0.165 e. The van der Waals surface area contributed by atoms with Gasteiger partial charge in [0.25, 0.3) is 0 Å². The van der Waals surface area contributed by atoms with Gasteiger partial charge in [0.2, 0.25) is 0 Å². The zero-order valence-corrected chi connectivity index (χ0v) is 11.5. The topological polar surface area (TPSA) is 54.3 Å². The molecule has 0 aromatic heterocycles. The van der Waals surface area contributed by atoms with E-state index in [0.29, 0.717) is 12.6 Å². The minimum atomic E-state index is 0.136. The Hall–Kier alpha value is -1.73. The van der Waals surface area contributed by atoms with Gasteiger partial charge in [0.1, 0.15) is 0 Å². The fourth-order valence-electron chi connectivity index (χ4n) is 2.69. The quantitative estimate of drug-likeness (QED) is 0.883. The van der Waals surface area contributed by atoms with Crippen molar-refractivity contribution in [3.63, 3.8) is 0 Å². The fraction of sp³-hybridized carbons (Fsp3) is 0.533. The predicted molar refractivity (Wildman–Crippen MR) is 73.1 cm³/mol. The van der Waals surface area contributed by atoms with Crippen LogP contribution in [0.4, 0.5) is 0 Å². The average molecular weight is 260 g/mol. The molecule has 1 saturated carbocycles. The summed E-state index contributed by atoms with van der Waals surface area (Å²) in [5, 5.41) is 12.5. The zero-order valence-electron chi connectivity index (χ0n) is 11.5. The number of nitrogens with zero attached hydrogens (tertiary/aromatic N) is 1. The van der Waals surface area contributed by atoms with Gasteiger partial charge < -0.3 is 14.8 Å². The van der Waals surface area contributed by atoms with Crippen LogP contribution in [0.25, 0.3) is 0 Å². The molecular formula is C15H20N2O2. The number of para-hydroxylation sites is 1. The molecule has 0 spiro atoms. The van der Waals surface area contributed by atoms with E-state index < -0.39 is 0 Å². The lowest BCUT2D eigenvalue weighted by Crippen LogP contribution is -2.31. The van der Waals surface area contributed by atoms with E-state index in [4.69, 9.17) is 14.7 Å². The van der Waals surface area contributed by atoms with Crippen molar-refractivity contribution in [2.24, 2.45) is 5.92 Å². The number of nitriles is 1. The molecule has 1 aliphatic carbocycles. The van der Waals surface area contributed by atoms with Crippen LogP contribution in [0.3, 0.4) is 0 Å². The second-order valence-corrected chi connectivity index (χ2v) is 4.81. The molecule has 0 bridgehead atoms. The summed E-state index contributed by atoms with van der Waals surface area (Å²) in [5.41, 5.74) is 1.06. The van der Waals surface area contributed by atoms with Crippen molar-refractivity contribution in [2.75, 3.05) is 14.2 Å². The highest BCUT2D eigenvalue weighted by atomic mass is 16.5. The average Bonchev–Trinajstić information content (AvgIpc) is 2.91. The molecule has 1 fully saturated rings. The van der Waals surface area contributed by atoms with Gasteiger partial charge in [0.05, 0.1) is 26.2 Å². The fourth-order valence-corrected chi connectivity index (χ4v) is 2.69. The van der Waals surface area contributed by atoms with Crippen LogP contribution in [0.5, 0.6) is 11.5 Å². The maximum atomic E-state index is 9.08. The van der Waals surface area contributed by atoms with E-state index in [-0.39, 0.29) is 5.92 Å². The van der Waals surface area contributed by atoms with E-state index >= 15 is 0 Å². The van der Waals surface area contributed by atoms with Crippen molar-refractivity contribution in [1.82, 2.24) is 5.32 Å². The molecule has 2 atom stereocenters. The van der Waals surface area contributed by atoms with Gasteiger partial charge >= 0.3 is 0 Å². The molecule has 0 saturated heterocycles. The molecule has 4 heteroatoms. The van der Waals surface area contributed by atoms with Crippen molar-refractivity contribution in [2.45, 2.75) is 31.8 Å². The molecule has 2 unspecified atom stereocenters. The largest absolute Gasteiger partial charge is 0.493 e. The number of hydrogen-bond donors (Lipinski definition) is 1. The lowest BCUT2D eigenvalue weighted by Gasteiger charge is -2.18. The summed E-state index contributed by atoms with van der Waals surface area (Å²) in [5.74, 6) is 1.64. The number of methoxy groups -OCH3 is 2. The van der Waals surface area contributed by atoms with Gasteiger partial charge in [-0.05, 0) is 18.9 Å². The Balaban J connectivity index is 2.05. The SMILES string of the molecule is COc1cccc(CNC2CCCC2C#N)c1OC. The van der Waals surface area contributed by atoms with Crippen LogP contribution in [-0.4, -0.2) is 20.3 Å². The van der Waals surface area contributed by atoms with Crippen LogP contribution in [0.2, 0.25) is 0 Å². The summed E-state index contributed by atoms with van der Waals surface area (Å²) in [4.78, 5) is 0. The maximum Gasteiger partial charge on any atom is 0.165 e. The number of ether oxygens (including phenoxy) is 2. The molecule has 1 aromatic rings. The van der Waals surface area contributed by atoms with Gasteiger partial charge in [-0.1, -0.05) is 18.6 Å². The zero-order chi connectivity index (χ0) is 13.7. The Morgan fingerprint density at radius 1 is 1.32 bits per heavy atom. The van der Waals surface area contributed by atoms with Crippen LogP contribution in [0, 0.1) is 17.2 Å². The second-order valence-electron chi connectivity index (χ2n) is 4.81. The van der Waals surface area contributed by atoms with Crippen LogP contribution in [-0.2, 0) is 6.54 Å². The molecule has 2 rings (SSSR count). The molecule has 0 heterocycles. The van der Waals surface area contributed by atoms with Crippen LogP contribution < -0.4 is 14.8 Å². The predicted octanol–water partition coefficient (Wildman–Crippen LogP) is 2.49. The van der Waals surface area contributed by atoms with Gasteiger partial charge in [-0.15, -0.1) is 0 Å². The standard InChI is InChI=1S/C15H20N2O2/c1-18-14-8-4-6-12(15(14)19-2)10-17-13-7-3-5-11(13)9-16/h4,6,8,11,13,17H,3,5,7,10H2,1-2H3. The maximum absolute atomic E-state index is 9.08. The van der Waals surface area contributed by atoms with Crippen LogP contribution >= 0.6 is 0 Å². The normalized spacial score (nSPS) is 21.9. The summed E-state index contributed by atoms with van der Waals surface area (Å²) >= 11 is 0. The summed E-state index contributed by atoms with van der Waals surface area (Å²) in [7, 11) is 3.28. The van der Waals surface area contributed by atoms with E-state index in [0.717, 1.165) is 36.3 Å². The molecule has 0 radical (unpaired) electrons. The van der Waals surface area contributed by atoms with Crippen molar-refractivity contribution in [1.29, 1.82) is 5.26 Å². The minimum Gasteiger partial charge on any atom is -0.493 e. The Kier molecular flexibility index (Phi) is 4.64. The molecule has 0 aliphatic heterocycles. The molecule has 19 heavy (non-hydrogen) atoms. The molecule has 4 nitrogen and oxygen atoms in total. The van der Waals surface area contributed by atoms with Gasteiger partial charge in [0.15, 0.2) is 11.5 Å². The van der Waals surface area contributed by atoms with E-state index in [9.17, 15) is 0 Å². The monoisotopic (exact) mass is 260 g/mol. The van der Waals surface area contributed by atoms with E-state index in [1.807, 2.05) is 18.2 Å². The Labute approximate surface area is 114 Å². The Morgan fingerprint density at radius 2 is 2.16 bits per heavy atom. The van der Waals surface area contributed by atoms with Gasteiger partial charge in [-0.25, -0.2) is 0 Å². The lowest BCUT2D eigenvalue weighted by molar-refractivity contribution is 0.349. The summed E-state index contributed by atoms with van der Waals surface area (Å²) < 4.78 is 10.7. The van der Waals surface area contributed by atoms with Crippen LogP contribution in [0.15, 0.2) is 18.2 Å². The van der Waals surface area contributed by atoms with Gasteiger partial charge in [-0.2, -0.15) is 5.26 Å². The highest BCUT2D eigenvalue weighted by molar-refractivity contribution is 5.46. The number of rotatable bonds is 5. The molecule has 1 N–H and O–H groups in total. The minimum absolute atomic E-state index is 0.136. The van der Waals surface area contributed by atoms with Crippen molar-refractivity contribution >= 4 is 0 Å². The van der Waals surface area contributed by atoms with Crippen molar-refractivity contribution in [3.05, 3.63) is 23.8 Å². The van der Waals surface area contributed by atoms with E-state index in [2.05, 4.69) is 11.4 Å². The van der Waals surface area contributed by atoms with E-state index in [1.165, 1.54) is 0 Å². The van der Waals surface area contributed by atoms with Gasteiger partial charge in [-0.3, -0.25) is 0 Å². The Morgan fingerprint density at radius 3 is 2.84 bits per heavy atom. The van der Waals surface area contributed by atoms with E-state index in [1.54, 1.807) is 14.2 Å². The van der Waals surface area contributed by atoms with Crippen molar-refractivity contribution in [3.8, 4) is 17.6 Å². The third-order valence-corrected chi connectivity index (χ3v) is 3.72. The first-order chi connectivity index (χ1) is 9.30. The lowest BCUT2D eigenvalue weighted by atomic mass is 10.1. The number of hydrogen-bond acceptors (Lipinski definition) is 4. The summed E-state index contributed by atoms with van der Waals surface area (Å²) in [6, 6.07) is 8.53. The Bertz CT molecular complexity index is 468. The highest BCUT2D eigenvalue weighted by Gasteiger charge is 2.26. The molecule has 102 valence electrons. The van der Waals surface area contributed by atoms with Gasteiger partial charge in [0, 0.05) is 18.2 Å². The molecule has 1 aromatic carbocycles. The highest BCUT2D eigenvalue weighted by Crippen LogP contribution is 2.31. The van der Waals surface area contributed by atoms with Crippen molar-refractivity contribution < 1.29 is 9.47 Å². The third kappa shape index (κ3) is 2.99. The summed E-state index contributed by atoms with van der Waals surface area (Å²) in [6.07, 6.45) is 3.21. The first kappa shape index (κ1) is 13.7. The molecular weight excluding hydrogens is 240 g/mol. The van der Waals surface area contributed by atoms with Crippen LogP contribution in [0.1, 0.15) is 24.8 Å². The first-order valence-corrected chi connectivity index (χ1v) is 6.63. The molecule has 1 aliphatic rings. The first-order valence-electron chi connectivity index (χ1n) is 6.63. The number of benzene rings is 1. The third-order valence-electron chi connectivity index (χ3n) is 3.72. The number of nitrogens with one attached hydrogen (secondary N) is 1. The molecule has 0 amide bonds. The summed E-state index contributed by atoms with van der Waals surface area (Å²) in [6.45, 7) is 0.698.